The molecular formula is C19H24N6O. The van der Waals surface area contributed by atoms with Gasteiger partial charge in [-0.3, -0.25) is 4.57 Å². The molecule has 1 N–H and O–H groups in total. The van der Waals surface area contributed by atoms with E-state index in [1.807, 2.05) is 52.7 Å². The smallest absolute Gasteiger partial charge is 0.317 e. The van der Waals surface area contributed by atoms with Gasteiger partial charge in [-0.25, -0.2) is 14.2 Å². The molecule has 0 amide bonds. The maximum absolute atomic E-state index is 12.9. The molecule has 0 aliphatic carbocycles. The van der Waals surface area contributed by atoms with Crippen LogP contribution in [-0.4, -0.2) is 37.2 Å². The van der Waals surface area contributed by atoms with Gasteiger partial charge < -0.3 is 5.32 Å². The standard InChI is InChI=1S/C19H24N6O/c1-2-23-18(15-8-11-20-12-9-15)22-25(19(23)26)14-16-6-3-4-7-17(16)24-13-5-10-21-24/h3-7,10,13,15,20H,2,8-9,11-12,14H2,1H3. The molecule has 1 aromatic carbocycles. The Morgan fingerprint density at radius 3 is 2.73 bits per heavy atom. The van der Waals surface area contributed by atoms with Gasteiger partial charge in [0.1, 0.15) is 5.82 Å². The molecule has 4 rings (SSSR count). The van der Waals surface area contributed by atoms with E-state index >= 15 is 0 Å². The lowest BCUT2D eigenvalue weighted by atomic mass is 9.97. The molecule has 0 unspecified atom stereocenters. The summed E-state index contributed by atoms with van der Waals surface area (Å²) in [7, 11) is 0. The molecule has 7 nitrogen and oxygen atoms in total. The number of hydrogen-bond acceptors (Lipinski definition) is 4. The largest absolute Gasteiger partial charge is 0.346 e. The van der Waals surface area contributed by atoms with Gasteiger partial charge in [-0.1, -0.05) is 18.2 Å². The van der Waals surface area contributed by atoms with Crippen LogP contribution in [0.2, 0.25) is 0 Å². The van der Waals surface area contributed by atoms with Gasteiger partial charge in [0.2, 0.25) is 0 Å². The number of aromatic nitrogens is 5. The van der Waals surface area contributed by atoms with Crippen LogP contribution in [0.1, 0.15) is 37.1 Å². The highest BCUT2D eigenvalue weighted by Gasteiger charge is 2.23. The summed E-state index contributed by atoms with van der Waals surface area (Å²) < 4.78 is 5.25. The number of piperidine rings is 1. The van der Waals surface area contributed by atoms with Gasteiger partial charge >= 0.3 is 5.69 Å². The molecule has 2 aromatic heterocycles. The van der Waals surface area contributed by atoms with Crippen molar-refractivity contribution in [3.8, 4) is 5.69 Å². The van der Waals surface area contributed by atoms with Crippen molar-refractivity contribution in [2.75, 3.05) is 13.1 Å². The molecule has 1 aliphatic rings. The monoisotopic (exact) mass is 352 g/mol. The second kappa shape index (κ2) is 7.29. The maximum atomic E-state index is 12.9. The summed E-state index contributed by atoms with van der Waals surface area (Å²) in [5.74, 6) is 1.28. The average Bonchev–Trinajstić information content (AvgIpc) is 3.32. The molecule has 0 spiro atoms. The molecular weight excluding hydrogens is 328 g/mol. The van der Waals surface area contributed by atoms with Gasteiger partial charge in [-0.15, -0.1) is 0 Å². The molecule has 26 heavy (non-hydrogen) atoms. The van der Waals surface area contributed by atoms with E-state index in [0.29, 0.717) is 19.0 Å². The lowest BCUT2D eigenvalue weighted by molar-refractivity contribution is 0.429. The molecule has 136 valence electrons. The van der Waals surface area contributed by atoms with Gasteiger partial charge in [-0.05, 0) is 50.6 Å². The first kappa shape index (κ1) is 16.8. The fourth-order valence-electron chi connectivity index (χ4n) is 3.68. The number of rotatable bonds is 5. The van der Waals surface area contributed by atoms with Crippen molar-refractivity contribution >= 4 is 0 Å². The van der Waals surface area contributed by atoms with Gasteiger partial charge in [0.15, 0.2) is 0 Å². The van der Waals surface area contributed by atoms with E-state index in [0.717, 1.165) is 43.0 Å². The van der Waals surface area contributed by atoms with Crippen molar-refractivity contribution in [1.29, 1.82) is 0 Å². The lowest BCUT2D eigenvalue weighted by Gasteiger charge is -2.21. The van der Waals surface area contributed by atoms with Gasteiger partial charge in [0.05, 0.1) is 12.2 Å². The topological polar surface area (TPSA) is 69.7 Å². The molecule has 0 saturated carbocycles. The Balaban J connectivity index is 1.69. The predicted molar refractivity (Wildman–Crippen MR) is 99.7 cm³/mol. The minimum Gasteiger partial charge on any atom is -0.317 e. The summed E-state index contributed by atoms with van der Waals surface area (Å²) in [4.78, 5) is 12.9. The van der Waals surface area contributed by atoms with E-state index in [1.165, 1.54) is 0 Å². The van der Waals surface area contributed by atoms with Crippen LogP contribution in [0.25, 0.3) is 5.69 Å². The molecule has 1 saturated heterocycles. The summed E-state index contributed by atoms with van der Waals surface area (Å²) in [5, 5.41) is 12.4. The third-order valence-electron chi connectivity index (χ3n) is 5.03. The maximum Gasteiger partial charge on any atom is 0.346 e. The first-order valence-electron chi connectivity index (χ1n) is 9.24. The number of benzene rings is 1. The average molecular weight is 352 g/mol. The fourth-order valence-corrected chi connectivity index (χ4v) is 3.68. The van der Waals surface area contributed by atoms with E-state index in [-0.39, 0.29) is 5.69 Å². The van der Waals surface area contributed by atoms with E-state index in [1.54, 1.807) is 10.9 Å². The van der Waals surface area contributed by atoms with Crippen LogP contribution in [0.4, 0.5) is 0 Å². The zero-order valence-electron chi connectivity index (χ0n) is 15.0. The normalized spacial score (nSPS) is 15.4. The quantitative estimate of drug-likeness (QED) is 0.760. The minimum absolute atomic E-state index is 0.0312. The molecule has 0 atom stereocenters. The van der Waals surface area contributed by atoms with Gasteiger partial charge in [0, 0.05) is 24.9 Å². The van der Waals surface area contributed by atoms with Crippen molar-refractivity contribution < 1.29 is 0 Å². The van der Waals surface area contributed by atoms with E-state index < -0.39 is 0 Å². The summed E-state index contributed by atoms with van der Waals surface area (Å²) in [6.07, 6.45) is 5.72. The summed E-state index contributed by atoms with van der Waals surface area (Å²) in [6, 6.07) is 9.90. The second-order valence-corrected chi connectivity index (χ2v) is 6.65. The summed E-state index contributed by atoms with van der Waals surface area (Å²) >= 11 is 0. The molecule has 3 aromatic rings. The Hall–Kier alpha value is -2.67. The highest BCUT2D eigenvalue weighted by molar-refractivity contribution is 5.40. The fraction of sp³-hybridized carbons (Fsp3) is 0.421. The Kier molecular flexibility index (Phi) is 4.71. The molecule has 7 heteroatoms. The van der Waals surface area contributed by atoms with Crippen molar-refractivity contribution in [3.63, 3.8) is 0 Å². The van der Waals surface area contributed by atoms with Crippen LogP contribution in [0, 0.1) is 0 Å². The van der Waals surface area contributed by atoms with E-state index in [9.17, 15) is 4.79 Å². The number of para-hydroxylation sites is 1. The van der Waals surface area contributed by atoms with Crippen LogP contribution in [0.5, 0.6) is 0 Å². The summed E-state index contributed by atoms with van der Waals surface area (Å²) in [6.45, 7) is 5.07. The Bertz CT molecular complexity index is 918. The van der Waals surface area contributed by atoms with Crippen LogP contribution in [-0.2, 0) is 13.1 Å². The number of nitrogens with one attached hydrogen (secondary N) is 1. The van der Waals surface area contributed by atoms with Crippen LogP contribution in [0.15, 0.2) is 47.5 Å². The van der Waals surface area contributed by atoms with Gasteiger partial charge in [-0.2, -0.15) is 10.2 Å². The van der Waals surface area contributed by atoms with Crippen LogP contribution in [0.3, 0.4) is 0 Å². The highest BCUT2D eigenvalue weighted by atomic mass is 16.2. The molecule has 1 aliphatic heterocycles. The van der Waals surface area contributed by atoms with Crippen LogP contribution < -0.4 is 11.0 Å². The zero-order chi connectivity index (χ0) is 17.9. The van der Waals surface area contributed by atoms with E-state index in [2.05, 4.69) is 10.4 Å². The Labute approximate surface area is 152 Å². The van der Waals surface area contributed by atoms with Crippen molar-refractivity contribution in [2.45, 2.75) is 38.8 Å². The van der Waals surface area contributed by atoms with Gasteiger partial charge in [0.25, 0.3) is 0 Å². The lowest BCUT2D eigenvalue weighted by Crippen LogP contribution is -2.29. The molecule has 1 fully saturated rings. The van der Waals surface area contributed by atoms with E-state index in [4.69, 9.17) is 5.10 Å². The first-order valence-corrected chi connectivity index (χ1v) is 9.24. The first-order chi connectivity index (χ1) is 12.8. The number of nitrogens with zero attached hydrogens (tertiary/aromatic N) is 5. The Morgan fingerprint density at radius 1 is 1.19 bits per heavy atom. The third kappa shape index (κ3) is 3.10. The van der Waals surface area contributed by atoms with Crippen LogP contribution >= 0.6 is 0 Å². The third-order valence-corrected chi connectivity index (χ3v) is 5.03. The summed E-state index contributed by atoms with van der Waals surface area (Å²) in [5.41, 5.74) is 1.96. The Morgan fingerprint density at radius 2 is 2.00 bits per heavy atom. The molecule has 3 heterocycles. The number of hydrogen-bond donors (Lipinski definition) is 1. The van der Waals surface area contributed by atoms with Crippen molar-refractivity contribution in [2.24, 2.45) is 0 Å². The molecule has 0 bridgehead atoms. The van der Waals surface area contributed by atoms with Crippen molar-refractivity contribution in [3.05, 3.63) is 64.6 Å². The second-order valence-electron chi connectivity index (χ2n) is 6.65. The predicted octanol–water partition coefficient (Wildman–Crippen LogP) is 1.77. The molecule has 0 radical (unpaired) electrons. The highest BCUT2D eigenvalue weighted by Crippen LogP contribution is 2.23. The zero-order valence-corrected chi connectivity index (χ0v) is 15.0. The SMILES string of the molecule is CCn1c(C2CCNCC2)nn(Cc2ccccc2-n2cccn2)c1=O. The minimum atomic E-state index is -0.0312. The van der Waals surface area contributed by atoms with Crippen molar-refractivity contribution in [1.82, 2.24) is 29.4 Å².